The van der Waals surface area contributed by atoms with Crippen LogP contribution in [0.1, 0.15) is 16.7 Å². The van der Waals surface area contributed by atoms with Crippen molar-refractivity contribution in [3.63, 3.8) is 0 Å². The summed E-state index contributed by atoms with van der Waals surface area (Å²) in [5.74, 6) is -1.63. The fourth-order valence-electron chi connectivity index (χ4n) is 2.02. The molecule has 2 amide bonds. The Balaban J connectivity index is 1.71. The van der Waals surface area contributed by atoms with Crippen molar-refractivity contribution in [3.05, 3.63) is 71.0 Å². The van der Waals surface area contributed by atoms with Crippen LogP contribution in [0.3, 0.4) is 0 Å². The van der Waals surface area contributed by atoms with Crippen LogP contribution in [0.5, 0.6) is 0 Å². The average Bonchev–Trinajstić information content (AvgIpc) is 2.55. The molecule has 0 aromatic heterocycles. The van der Waals surface area contributed by atoms with E-state index in [0.717, 1.165) is 16.7 Å². The zero-order chi connectivity index (χ0) is 16.7. The van der Waals surface area contributed by atoms with Crippen LogP contribution in [-0.4, -0.2) is 18.4 Å². The molecule has 5 heteroatoms. The zero-order valence-electron chi connectivity index (χ0n) is 12.9. The van der Waals surface area contributed by atoms with Gasteiger partial charge in [-0.25, -0.2) is 4.39 Å². The molecular formula is C18H19FN2O2. The molecule has 2 N–H and O–H groups in total. The number of hydrogen-bond donors (Lipinski definition) is 2. The molecule has 0 fully saturated rings. The van der Waals surface area contributed by atoms with E-state index in [0.29, 0.717) is 19.5 Å². The highest BCUT2D eigenvalue weighted by molar-refractivity contribution is 6.35. The molecule has 0 aliphatic heterocycles. The predicted octanol–water partition coefficient (Wildman–Crippen LogP) is 2.11. The third-order valence-electron chi connectivity index (χ3n) is 3.39. The number of benzene rings is 2. The maximum absolute atomic E-state index is 12.8. The molecule has 120 valence electrons. The van der Waals surface area contributed by atoms with Crippen LogP contribution < -0.4 is 10.6 Å². The van der Waals surface area contributed by atoms with Crippen molar-refractivity contribution in [3.8, 4) is 0 Å². The normalized spacial score (nSPS) is 10.2. The molecule has 4 nitrogen and oxygen atoms in total. The van der Waals surface area contributed by atoms with E-state index in [9.17, 15) is 14.0 Å². The minimum Gasteiger partial charge on any atom is -0.348 e. The van der Waals surface area contributed by atoms with Gasteiger partial charge in [-0.15, -0.1) is 0 Å². The molecule has 2 aromatic rings. The Morgan fingerprint density at radius 3 is 2.09 bits per heavy atom. The molecule has 0 aliphatic carbocycles. The SMILES string of the molecule is Cc1ccc(CNC(=O)C(=O)NCCc2ccc(F)cc2)cc1. The molecule has 0 spiro atoms. The Morgan fingerprint density at radius 1 is 0.870 bits per heavy atom. The highest BCUT2D eigenvalue weighted by Gasteiger charge is 2.12. The molecular weight excluding hydrogens is 295 g/mol. The highest BCUT2D eigenvalue weighted by Crippen LogP contribution is 2.03. The minimum absolute atomic E-state index is 0.298. The Bertz CT molecular complexity index is 666. The first-order valence-electron chi connectivity index (χ1n) is 7.40. The molecule has 2 aromatic carbocycles. The van der Waals surface area contributed by atoms with Gasteiger partial charge < -0.3 is 10.6 Å². The topological polar surface area (TPSA) is 58.2 Å². The van der Waals surface area contributed by atoms with Gasteiger partial charge in [-0.2, -0.15) is 0 Å². The van der Waals surface area contributed by atoms with Crippen LogP contribution >= 0.6 is 0 Å². The van der Waals surface area contributed by atoms with Crippen molar-refractivity contribution >= 4 is 11.8 Å². The van der Waals surface area contributed by atoms with Crippen LogP contribution in [0.4, 0.5) is 4.39 Å². The van der Waals surface area contributed by atoms with Gasteiger partial charge in [-0.1, -0.05) is 42.0 Å². The largest absolute Gasteiger partial charge is 0.348 e. The highest BCUT2D eigenvalue weighted by atomic mass is 19.1. The fraction of sp³-hybridized carbons (Fsp3) is 0.222. The van der Waals surface area contributed by atoms with Crippen molar-refractivity contribution in [1.29, 1.82) is 0 Å². The van der Waals surface area contributed by atoms with Gasteiger partial charge >= 0.3 is 11.8 Å². The summed E-state index contributed by atoms with van der Waals surface area (Å²) in [5, 5.41) is 5.12. The number of hydrogen-bond acceptors (Lipinski definition) is 2. The number of aryl methyl sites for hydroxylation is 1. The van der Waals surface area contributed by atoms with E-state index in [1.54, 1.807) is 12.1 Å². The molecule has 23 heavy (non-hydrogen) atoms. The van der Waals surface area contributed by atoms with Gasteiger partial charge in [-0.3, -0.25) is 9.59 Å². The summed E-state index contributed by atoms with van der Waals surface area (Å²) in [7, 11) is 0. The lowest BCUT2D eigenvalue weighted by molar-refractivity contribution is -0.139. The fourth-order valence-corrected chi connectivity index (χ4v) is 2.02. The monoisotopic (exact) mass is 314 g/mol. The molecule has 0 saturated heterocycles. The summed E-state index contributed by atoms with van der Waals surface area (Å²) < 4.78 is 12.8. The number of halogens is 1. The van der Waals surface area contributed by atoms with Crippen molar-refractivity contribution < 1.29 is 14.0 Å². The third kappa shape index (κ3) is 5.54. The van der Waals surface area contributed by atoms with E-state index in [2.05, 4.69) is 10.6 Å². The Hall–Kier alpha value is -2.69. The Labute approximate surface area is 134 Å². The van der Waals surface area contributed by atoms with Gasteiger partial charge in [0.1, 0.15) is 5.82 Å². The second kappa shape index (κ2) is 8.08. The molecule has 0 unspecified atom stereocenters. The Kier molecular flexibility index (Phi) is 5.86. The quantitative estimate of drug-likeness (QED) is 0.831. The lowest BCUT2D eigenvalue weighted by Gasteiger charge is -2.07. The summed E-state index contributed by atoms with van der Waals surface area (Å²) in [6, 6.07) is 13.7. The van der Waals surface area contributed by atoms with Crippen LogP contribution in [0.2, 0.25) is 0 Å². The van der Waals surface area contributed by atoms with Gasteiger partial charge in [0.2, 0.25) is 0 Å². The van der Waals surface area contributed by atoms with Crippen molar-refractivity contribution in [2.24, 2.45) is 0 Å². The summed E-state index contributed by atoms with van der Waals surface area (Å²) in [6.45, 7) is 2.61. The first-order valence-corrected chi connectivity index (χ1v) is 7.40. The molecule has 0 atom stereocenters. The molecule has 0 heterocycles. The standard InChI is InChI=1S/C18H19FN2O2/c1-13-2-4-15(5-3-13)12-21-18(23)17(22)20-11-10-14-6-8-16(19)9-7-14/h2-9H,10-12H2,1H3,(H,20,22)(H,21,23). The molecule has 2 rings (SSSR count). The maximum Gasteiger partial charge on any atom is 0.309 e. The number of rotatable bonds is 5. The van der Waals surface area contributed by atoms with Crippen LogP contribution in [0.25, 0.3) is 0 Å². The van der Waals surface area contributed by atoms with Crippen molar-refractivity contribution in [2.75, 3.05) is 6.54 Å². The Morgan fingerprint density at radius 2 is 1.43 bits per heavy atom. The second-order valence-electron chi connectivity index (χ2n) is 5.30. The number of carbonyl (C=O) groups excluding carboxylic acids is 2. The van der Waals surface area contributed by atoms with Crippen LogP contribution in [0, 0.1) is 12.7 Å². The molecule has 0 bridgehead atoms. The van der Waals surface area contributed by atoms with Gasteiger partial charge in [0, 0.05) is 13.1 Å². The maximum atomic E-state index is 12.8. The summed E-state index contributed by atoms with van der Waals surface area (Å²) in [5.41, 5.74) is 2.97. The first kappa shape index (κ1) is 16.7. The number of nitrogens with one attached hydrogen (secondary N) is 2. The second-order valence-corrected chi connectivity index (χ2v) is 5.30. The van der Waals surface area contributed by atoms with Crippen LogP contribution in [0.15, 0.2) is 48.5 Å². The van der Waals surface area contributed by atoms with Crippen molar-refractivity contribution in [2.45, 2.75) is 19.9 Å². The van der Waals surface area contributed by atoms with Gasteiger partial charge in [0.25, 0.3) is 0 Å². The zero-order valence-corrected chi connectivity index (χ0v) is 12.9. The van der Waals surface area contributed by atoms with Crippen LogP contribution in [-0.2, 0) is 22.6 Å². The molecule has 0 radical (unpaired) electrons. The first-order chi connectivity index (χ1) is 11.0. The van der Waals surface area contributed by atoms with Gasteiger partial charge in [-0.05, 0) is 36.6 Å². The minimum atomic E-state index is -0.667. The third-order valence-corrected chi connectivity index (χ3v) is 3.39. The molecule has 0 saturated carbocycles. The molecule has 0 aliphatic rings. The lowest BCUT2D eigenvalue weighted by atomic mass is 10.1. The average molecular weight is 314 g/mol. The van der Waals surface area contributed by atoms with E-state index in [1.165, 1.54) is 12.1 Å². The van der Waals surface area contributed by atoms with Gasteiger partial charge in [0.15, 0.2) is 0 Å². The summed E-state index contributed by atoms with van der Waals surface area (Å²) in [6.07, 6.45) is 0.539. The van der Waals surface area contributed by atoms with E-state index in [4.69, 9.17) is 0 Å². The number of carbonyl (C=O) groups is 2. The summed E-state index contributed by atoms with van der Waals surface area (Å²) in [4.78, 5) is 23.4. The number of amides is 2. The van der Waals surface area contributed by atoms with Gasteiger partial charge in [0.05, 0.1) is 0 Å². The lowest BCUT2D eigenvalue weighted by Crippen LogP contribution is -2.40. The predicted molar refractivity (Wildman–Crippen MR) is 86.1 cm³/mol. The van der Waals surface area contributed by atoms with E-state index < -0.39 is 11.8 Å². The smallest absolute Gasteiger partial charge is 0.309 e. The van der Waals surface area contributed by atoms with Crippen molar-refractivity contribution in [1.82, 2.24) is 10.6 Å². The van der Waals surface area contributed by atoms with E-state index >= 15 is 0 Å². The van der Waals surface area contributed by atoms with E-state index in [1.807, 2.05) is 31.2 Å². The van der Waals surface area contributed by atoms with E-state index in [-0.39, 0.29) is 5.82 Å². The summed E-state index contributed by atoms with van der Waals surface area (Å²) >= 11 is 0.